The van der Waals surface area contributed by atoms with Crippen molar-refractivity contribution >= 4 is 33.8 Å². The van der Waals surface area contributed by atoms with Crippen LogP contribution in [0.5, 0.6) is 0 Å². The Kier molecular flexibility index (Phi) is 5.60. The summed E-state index contributed by atoms with van der Waals surface area (Å²) in [7, 11) is 3.69. The predicted octanol–water partition coefficient (Wildman–Crippen LogP) is 4.11. The fourth-order valence-electron chi connectivity index (χ4n) is 3.22. The Bertz CT molecular complexity index is 950. The normalized spacial score (nSPS) is 14.2. The molecule has 7 nitrogen and oxygen atoms in total. The molecule has 28 heavy (non-hydrogen) atoms. The molecule has 1 N–H and O–H groups in total. The highest BCUT2D eigenvalue weighted by Crippen LogP contribution is 2.36. The molecular weight excluding hydrogens is 376 g/mol. The fraction of sp³-hybridized carbons (Fsp3) is 0.300. The summed E-state index contributed by atoms with van der Waals surface area (Å²) >= 11 is 1.39. The summed E-state index contributed by atoms with van der Waals surface area (Å²) in [4.78, 5) is 29.6. The smallest absolute Gasteiger partial charge is 0.271 e. The maximum atomic E-state index is 12.6. The number of nitrogens with zero attached hydrogens (tertiary/aromatic N) is 3. The molecule has 8 heteroatoms. The molecule has 0 unspecified atom stereocenters. The van der Waals surface area contributed by atoms with Gasteiger partial charge in [0.05, 0.1) is 10.6 Å². The SMILES string of the molecule is Cc1csc(NC(=O)CC2(Cc3cc(N(C)C)cc([N+](=O)[O-])c3)C=CC=C2)n1. The molecule has 1 aromatic carbocycles. The Hall–Kier alpha value is -3.00. The molecule has 1 aliphatic rings. The van der Waals surface area contributed by atoms with E-state index in [-0.39, 0.29) is 22.9 Å². The molecule has 0 saturated heterocycles. The number of benzene rings is 1. The number of nitro benzene ring substituents is 1. The van der Waals surface area contributed by atoms with E-state index in [1.165, 1.54) is 11.3 Å². The van der Waals surface area contributed by atoms with Crippen LogP contribution in [-0.4, -0.2) is 29.9 Å². The molecule has 2 aromatic rings. The molecular formula is C20H22N4O3S. The van der Waals surface area contributed by atoms with Crippen LogP contribution in [-0.2, 0) is 11.2 Å². The summed E-state index contributed by atoms with van der Waals surface area (Å²) in [5.74, 6) is -0.135. The lowest BCUT2D eigenvalue weighted by atomic mass is 9.79. The van der Waals surface area contributed by atoms with Crippen LogP contribution < -0.4 is 10.2 Å². The Labute approximate surface area is 167 Å². The van der Waals surface area contributed by atoms with E-state index < -0.39 is 5.41 Å². The highest BCUT2D eigenvalue weighted by Gasteiger charge is 2.31. The number of allylic oxidation sites excluding steroid dienone is 4. The van der Waals surface area contributed by atoms with Crippen molar-refractivity contribution in [2.24, 2.45) is 5.41 Å². The van der Waals surface area contributed by atoms with Crippen LogP contribution in [0, 0.1) is 22.5 Å². The van der Waals surface area contributed by atoms with E-state index in [9.17, 15) is 14.9 Å². The van der Waals surface area contributed by atoms with Gasteiger partial charge in [0.25, 0.3) is 5.69 Å². The Morgan fingerprint density at radius 1 is 1.29 bits per heavy atom. The lowest BCUT2D eigenvalue weighted by Crippen LogP contribution is -2.25. The molecule has 0 saturated carbocycles. The van der Waals surface area contributed by atoms with Gasteiger partial charge in [-0.05, 0) is 25.0 Å². The first-order valence-corrected chi connectivity index (χ1v) is 9.69. The topological polar surface area (TPSA) is 88.4 Å². The average molecular weight is 398 g/mol. The van der Waals surface area contributed by atoms with Gasteiger partial charge in [0.15, 0.2) is 5.13 Å². The van der Waals surface area contributed by atoms with E-state index >= 15 is 0 Å². The van der Waals surface area contributed by atoms with Gasteiger partial charge in [0.2, 0.25) is 5.91 Å². The van der Waals surface area contributed by atoms with Gasteiger partial charge in [-0.1, -0.05) is 24.3 Å². The van der Waals surface area contributed by atoms with Gasteiger partial charge in [-0.15, -0.1) is 11.3 Å². The van der Waals surface area contributed by atoms with Crippen LogP contribution in [0.25, 0.3) is 0 Å². The highest BCUT2D eigenvalue weighted by molar-refractivity contribution is 7.13. The van der Waals surface area contributed by atoms with Gasteiger partial charge in [0.1, 0.15) is 0 Å². The Morgan fingerprint density at radius 3 is 2.57 bits per heavy atom. The zero-order valence-corrected chi connectivity index (χ0v) is 16.8. The second-order valence-corrected chi connectivity index (χ2v) is 8.01. The Morgan fingerprint density at radius 2 is 2.00 bits per heavy atom. The summed E-state index contributed by atoms with van der Waals surface area (Å²) in [5.41, 5.74) is 1.96. The molecule has 1 amide bonds. The van der Waals surface area contributed by atoms with Gasteiger partial charge in [-0.25, -0.2) is 4.98 Å². The van der Waals surface area contributed by atoms with Crippen molar-refractivity contribution < 1.29 is 9.72 Å². The number of anilines is 2. The lowest BCUT2D eigenvalue weighted by Gasteiger charge is -2.25. The van der Waals surface area contributed by atoms with Crippen LogP contribution in [0.4, 0.5) is 16.5 Å². The van der Waals surface area contributed by atoms with E-state index in [4.69, 9.17) is 0 Å². The van der Waals surface area contributed by atoms with Crippen molar-refractivity contribution in [2.45, 2.75) is 19.8 Å². The maximum Gasteiger partial charge on any atom is 0.271 e. The lowest BCUT2D eigenvalue weighted by molar-refractivity contribution is -0.384. The van der Waals surface area contributed by atoms with Crippen LogP contribution in [0.15, 0.2) is 47.9 Å². The number of aryl methyl sites for hydroxylation is 1. The van der Waals surface area contributed by atoms with E-state index in [1.807, 2.05) is 61.7 Å². The standard InChI is InChI=1S/C20H22N4O3S/c1-14-13-28-19(21-14)22-18(25)12-20(6-4-5-7-20)11-15-8-16(23(2)3)10-17(9-15)24(26)27/h4-10,13H,11-12H2,1-3H3,(H,21,22,25). The van der Waals surface area contributed by atoms with Crippen molar-refractivity contribution in [3.8, 4) is 0 Å². The summed E-state index contributed by atoms with van der Waals surface area (Å²) in [5, 5.41) is 16.6. The first-order valence-electron chi connectivity index (χ1n) is 8.81. The second-order valence-electron chi connectivity index (χ2n) is 7.16. The number of carbonyl (C=O) groups excluding carboxylic acids is 1. The average Bonchev–Trinajstić information content (AvgIpc) is 3.23. The van der Waals surface area contributed by atoms with Gasteiger partial charge in [-0.2, -0.15) is 0 Å². The molecule has 146 valence electrons. The van der Waals surface area contributed by atoms with E-state index in [0.717, 1.165) is 16.9 Å². The molecule has 0 radical (unpaired) electrons. The van der Waals surface area contributed by atoms with Gasteiger partial charge < -0.3 is 10.2 Å². The van der Waals surface area contributed by atoms with Crippen LogP contribution >= 0.6 is 11.3 Å². The van der Waals surface area contributed by atoms with Crippen molar-refractivity contribution in [3.05, 3.63) is 69.3 Å². The van der Waals surface area contributed by atoms with Crippen molar-refractivity contribution in [1.29, 1.82) is 0 Å². The van der Waals surface area contributed by atoms with Gasteiger partial charge >= 0.3 is 0 Å². The van der Waals surface area contributed by atoms with Gasteiger partial charge in [-0.3, -0.25) is 14.9 Å². The van der Waals surface area contributed by atoms with E-state index in [0.29, 0.717) is 11.6 Å². The molecule has 0 spiro atoms. The summed E-state index contributed by atoms with van der Waals surface area (Å²) in [6.45, 7) is 1.88. The number of rotatable bonds is 7. The quantitative estimate of drug-likeness (QED) is 0.560. The monoisotopic (exact) mass is 398 g/mol. The molecule has 0 bridgehead atoms. The van der Waals surface area contributed by atoms with E-state index in [2.05, 4.69) is 10.3 Å². The Balaban J connectivity index is 1.83. The molecule has 1 heterocycles. The molecule has 0 atom stereocenters. The van der Waals surface area contributed by atoms with E-state index in [1.54, 1.807) is 12.1 Å². The van der Waals surface area contributed by atoms with Gasteiger partial charge in [0, 0.05) is 49.1 Å². The number of hydrogen-bond acceptors (Lipinski definition) is 6. The molecule has 1 aromatic heterocycles. The van der Waals surface area contributed by atoms with Crippen LogP contribution in [0.2, 0.25) is 0 Å². The molecule has 1 aliphatic carbocycles. The summed E-state index contributed by atoms with van der Waals surface area (Å²) < 4.78 is 0. The molecule has 0 fully saturated rings. The predicted molar refractivity (Wildman–Crippen MR) is 112 cm³/mol. The zero-order valence-electron chi connectivity index (χ0n) is 16.0. The third kappa shape index (κ3) is 4.64. The fourth-order valence-corrected chi connectivity index (χ4v) is 3.93. The summed E-state index contributed by atoms with van der Waals surface area (Å²) in [6.07, 6.45) is 8.50. The van der Waals surface area contributed by atoms with Crippen LogP contribution in [0.3, 0.4) is 0 Å². The first-order chi connectivity index (χ1) is 13.3. The number of nitrogens with one attached hydrogen (secondary N) is 1. The minimum atomic E-state index is -0.519. The number of carbonyl (C=O) groups is 1. The number of non-ortho nitro benzene ring substituents is 1. The molecule has 0 aliphatic heterocycles. The van der Waals surface area contributed by atoms with Crippen molar-refractivity contribution in [3.63, 3.8) is 0 Å². The number of hydrogen-bond donors (Lipinski definition) is 1. The minimum Gasteiger partial charge on any atom is -0.377 e. The highest BCUT2D eigenvalue weighted by atomic mass is 32.1. The minimum absolute atomic E-state index is 0.0463. The third-order valence-corrected chi connectivity index (χ3v) is 5.42. The largest absolute Gasteiger partial charge is 0.377 e. The maximum absolute atomic E-state index is 12.6. The second kappa shape index (κ2) is 7.93. The number of amides is 1. The van der Waals surface area contributed by atoms with Crippen LogP contribution in [0.1, 0.15) is 17.7 Å². The number of nitro groups is 1. The van der Waals surface area contributed by atoms with Crippen molar-refractivity contribution in [2.75, 3.05) is 24.3 Å². The summed E-state index contributed by atoms with van der Waals surface area (Å²) in [6, 6.07) is 5.06. The third-order valence-electron chi connectivity index (χ3n) is 4.55. The zero-order chi connectivity index (χ0) is 20.3. The first kappa shape index (κ1) is 19.8. The number of aromatic nitrogens is 1. The van der Waals surface area contributed by atoms with Crippen molar-refractivity contribution in [1.82, 2.24) is 4.98 Å². The molecule has 3 rings (SSSR count). The number of thiazole rings is 1.